The van der Waals surface area contributed by atoms with Crippen molar-refractivity contribution in [2.75, 3.05) is 26.4 Å². The summed E-state index contributed by atoms with van der Waals surface area (Å²) in [6.07, 6.45) is 7.48. The minimum atomic E-state index is -3.21. The number of hydrogen-bond acceptors (Lipinski definition) is 12. The molecule has 6 rings (SSSR count). The molecule has 16 heteroatoms. The Balaban J connectivity index is 1.15. The maximum absolute atomic E-state index is 12.9. The van der Waals surface area contributed by atoms with Crippen LogP contribution in [0.3, 0.4) is 0 Å². The van der Waals surface area contributed by atoms with Crippen molar-refractivity contribution in [3.05, 3.63) is 109 Å². The average Bonchev–Trinajstić information content (AvgIpc) is 3.84. The van der Waals surface area contributed by atoms with E-state index in [1.165, 1.54) is 0 Å². The lowest BCUT2D eigenvalue weighted by atomic mass is 10.1. The van der Waals surface area contributed by atoms with E-state index in [-0.39, 0.29) is 12.3 Å². The first-order valence-electron chi connectivity index (χ1n) is 17.0. The molecule has 0 saturated heterocycles. The van der Waals surface area contributed by atoms with E-state index in [9.17, 15) is 9.13 Å². The Hall–Kier alpha value is -4.68. The van der Waals surface area contributed by atoms with Crippen LogP contribution in [0, 0.1) is 0 Å². The Morgan fingerprint density at radius 2 is 0.885 bits per heavy atom. The number of hydrogen-bond donors (Lipinski definition) is 0. The zero-order valence-electron chi connectivity index (χ0n) is 29.4. The maximum Gasteiger partial charge on any atom is 0.335 e. The molecule has 0 saturated carbocycles. The molecule has 0 fully saturated rings. The van der Waals surface area contributed by atoms with Crippen LogP contribution in [0.25, 0.3) is 45.3 Å². The first kappa shape index (κ1) is 37.1. The molecular formula is C36H40N8O6P2. The fraction of sp³-hybridized carbons (Fsp3) is 0.278. The zero-order chi connectivity index (χ0) is 36.6. The molecule has 0 aliphatic rings. The molecule has 0 radical (unpaired) electrons. The van der Waals surface area contributed by atoms with Crippen molar-refractivity contribution in [3.63, 3.8) is 0 Å². The molecule has 4 aromatic heterocycles. The number of benzene rings is 2. The van der Waals surface area contributed by atoms with Gasteiger partial charge in [-0.1, -0.05) is 34.7 Å². The van der Waals surface area contributed by atoms with Crippen molar-refractivity contribution in [1.29, 1.82) is 0 Å². The van der Waals surface area contributed by atoms with Gasteiger partial charge in [-0.3, -0.25) is 19.1 Å². The second-order valence-corrected chi connectivity index (χ2v) is 15.6. The monoisotopic (exact) mass is 742 g/mol. The summed E-state index contributed by atoms with van der Waals surface area (Å²) >= 11 is 0. The molecule has 0 atom stereocenters. The van der Waals surface area contributed by atoms with Gasteiger partial charge in [-0.2, -0.15) is 0 Å². The highest BCUT2D eigenvalue weighted by Gasteiger charge is 2.25. The normalized spacial score (nSPS) is 12.0. The number of aromatic nitrogens is 8. The first-order chi connectivity index (χ1) is 25.2. The predicted octanol–water partition coefficient (Wildman–Crippen LogP) is 8.17. The van der Waals surface area contributed by atoms with Crippen LogP contribution < -0.4 is 0 Å². The molecule has 0 aliphatic carbocycles. The summed E-state index contributed by atoms with van der Waals surface area (Å²) < 4.78 is 51.0. The summed E-state index contributed by atoms with van der Waals surface area (Å²) in [5, 5.41) is 17.5. The predicted molar refractivity (Wildman–Crippen MR) is 197 cm³/mol. The third-order valence-electron chi connectivity index (χ3n) is 7.82. The van der Waals surface area contributed by atoms with Crippen molar-refractivity contribution in [2.24, 2.45) is 0 Å². The van der Waals surface area contributed by atoms with Crippen molar-refractivity contribution in [1.82, 2.24) is 40.0 Å². The van der Waals surface area contributed by atoms with Gasteiger partial charge in [0.15, 0.2) is 0 Å². The lowest BCUT2D eigenvalue weighted by molar-refractivity contribution is 0.218. The van der Waals surface area contributed by atoms with E-state index in [1.807, 2.05) is 85.2 Å². The molecule has 0 amide bonds. The highest BCUT2D eigenvalue weighted by atomic mass is 31.2. The van der Waals surface area contributed by atoms with E-state index in [1.54, 1.807) is 49.5 Å². The maximum atomic E-state index is 12.9. The van der Waals surface area contributed by atoms with Gasteiger partial charge < -0.3 is 18.1 Å². The van der Waals surface area contributed by atoms with Crippen molar-refractivity contribution >= 4 is 15.2 Å². The molecule has 270 valence electrons. The lowest BCUT2D eigenvalue weighted by Crippen LogP contribution is -2.00. The van der Waals surface area contributed by atoms with Crippen LogP contribution in [0.5, 0.6) is 0 Å². The summed E-state index contributed by atoms with van der Waals surface area (Å²) in [6, 6.07) is 22.7. The molecular weight excluding hydrogens is 702 g/mol. The van der Waals surface area contributed by atoms with Crippen molar-refractivity contribution in [3.8, 4) is 45.3 Å². The number of nitrogens with zero attached hydrogens (tertiary/aromatic N) is 8. The third kappa shape index (κ3) is 9.02. The van der Waals surface area contributed by atoms with Crippen LogP contribution >= 0.6 is 15.2 Å². The van der Waals surface area contributed by atoms with Crippen LogP contribution in [-0.4, -0.2) is 66.4 Å². The zero-order valence-corrected chi connectivity index (χ0v) is 31.2. The standard InChI is InChI=1S/C36H40N8O6P2/c1-5-47-51(45,48-6-2)25-27-9-13-31(14-10-27)43-23-35(39-41-43)29-17-19-37-33(21-29)34-22-30(18-20-38-34)36-24-44(42-40-36)32-15-11-28(12-16-32)26-52(46,49-7-3)50-8-4/h9-24H,5-8,25-26H2,1-4H3. The van der Waals surface area contributed by atoms with Gasteiger partial charge in [0, 0.05) is 23.5 Å². The van der Waals surface area contributed by atoms with E-state index in [0.29, 0.717) is 49.2 Å². The van der Waals surface area contributed by atoms with Crippen LogP contribution in [0.15, 0.2) is 97.6 Å². The van der Waals surface area contributed by atoms with Gasteiger partial charge in [0.05, 0.1) is 73.9 Å². The molecule has 52 heavy (non-hydrogen) atoms. The van der Waals surface area contributed by atoms with Crippen LogP contribution in [0.4, 0.5) is 0 Å². The SMILES string of the molecule is CCOP(=O)(Cc1ccc(-n2cc(-c3ccnc(-c4cc(-c5cn(-c6ccc(CP(=O)(OCC)OCC)cc6)nn5)ccn4)c3)nn2)cc1)OCC. The van der Waals surface area contributed by atoms with Crippen LogP contribution in [-0.2, 0) is 39.5 Å². The number of pyridine rings is 2. The second-order valence-electron chi connectivity index (χ2n) is 11.5. The smallest absolute Gasteiger partial charge is 0.309 e. The minimum absolute atomic E-state index is 0.190. The fourth-order valence-corrected chi connectivity index (χ4v) is 8.91. The quantitative estimate of drug-likeness (QED) is 0.0827. The minimum Gasteiger partial charge on any atom is -0.309 e. The second kappa shape index (κ2) is 16.8. The molecule has 6 aromatic rings. The van der Waals surface area contributed by atoms with Crippen molar-refractivity contribution < 1.29 is 27.2 Å². The summed E-state index contributed by atoms with van der Waals surface area (Å²) in [4.78, 5) is 9.14. The summed E-state index contributed by atoms with van der Waals surface area (Å²) in [7, 11) is -6.41. The lowest BCUT2D eigenvalue weighted by Gasteiger charge is -2.17. The average molecular weight is 743 g/mol. The molecule has 0 N–H and O–H groups in total. The van der Waals surface area contributed by atoms with Gasteiger partial charge in [-0.15, -0.1) is 10.2 Å². The van der Waals surface area contributed by atoms with Gasteiger partial charge in [0.2, 0.25) is 0 Å². The molecule has 2 aromatic carbocycles. The highest BCUT2D eigenvalue weighted by molar-refractivity contribution is 7.53. The topological polar surface area (TPSA) is 158 Å². The number of rotatable bonds is 17. The highest BCUT2D eigenvalue weighted by Crippen LogP contribution is 2.52. The largest absolute Gasteiger partial charge is 0.335 e. The molecule has 14 nitrogen and oxygen atoms in total. The Morgan fingerprint density at radius 3 is 1.23 bits per heavy atom. The summed E-state index contributed by atoms with van der Waals surface area (Å²) in [5.74, 6) is 0. The van der Waals surface area contributed by atoms with E-state index in [4.69, 9.17) is 18.1 Å². The van der Waals surface area contributed by atoms with E-state index in [2.05, 4.69) is 30.6 Å². The van der Waals surface area contributed by atoms with Crippen molar-refractivity contribution in [2.45, 2.75) is 40.0 Å². The third-order valence-corrected chi connectivity index (χ3v) is 11.9. The molecule has 0 bridgehead atoms. The van der Waals surface area contributed by atoms with Crippen LogP contribution in [0.2, 0.25) is 0 Å². The Labute approximate surface area is 302 Å². The van der Waals surface area contributed by atoms with E-state index in [0.717, 1.165) is 33.6 Å². The molecule has 0 spiro atoms. The summed E-state index contributed by atoms with van der Waals surface area (Å²) in [6.45, 7) is 8.44. The molecule has 4 heterocycles. The van der Waals surface area contributed by atoms with E-state index < -0.39 is 15.2 Å². The van der Waals surface area contributed by atoms with Crippen LogP contribution in [0.1, 0.15) is 38.8 Å². The summed E-state index contributed by atoms with van der Waals surface area (Å²) in [5.41, 5.74) is 7.55. The molecule has 0 aliphatic heterocycles. The Bertz CT molecular complexity index is 2010. The van der Waals surface area contributed by atoms with Gasteiger partial charge in [0.25, 0.3) is 0 Å². The fourth-order valence-electron chi connectivity index (χ4n) is 5.50. The Kier molecular flexibility index (Phi) is 12.0. The first-order valence-corrected chi connectivity index (χ1v) is 20.4. The van der Waals surface area contributed by atoms with E-state index >= 15 is 0 Å². The van der Waals surface area contributed by atoms with Gasteiger partial charge in [0.1, 0.15) is 11.4 Å². The Morgan fingerprint density at radius 1 is 0.519 bits per heavy atom. The van der Waals surface area contributed by atoms with Gasteiger partial charge in [-0.05, 0) is 87.4 Å². The molecule has 0 unspecified atom stereocenters. The van der Waals surface area contributed by atoms with Gasteiger partial charge in [-0.25, -0.2) is 9.36 Å². The van der Waals surface area contributed by atoms with Gasteiger partial charge >= 0.3 is 15.2 Å².